The van der Waals surface area contributed by atoms with Crippen LogP contribution in [0.25, 0.3) is 17.0 Å². The Bertz CT molecular complexity index is 1140. The normalized spacial score (nSPS) is 10.9. The average Bonchev–Trinajstić information content (AvgIpc) is 2.76. The minimum Gasteiger partial charge on any atom is -0.494 e. The zero-order valence-electron chi connectivity index (χ0n) is 16.8. The Hall–Kier alpha value is -3.74. The molecular formula is C23H20FNO5. The number of halogens is 1. The second-order valence-corrected chi connectivity index (χ2v) is 6.40. The SMILES string of the molecule is COC(=O)c1c(COC(=O)/C=C/c2ccc(OC)c(F)c2)nc2ccccc2c1C. The number of nitrogens with zero attached hydrogens (tertiary/aromatic N) is 1. The van der Waals surface area contributed by atoms with Crippen molar-refractivity contribution in [3.05, 3.63) is 76.7 Å². The van der Waals surface area contributed by atoms with Crippen LogP contribution in [0.3, 0.4) is 0 Å². The molecule has 0 saturated heterocycles. The second-order valence-electron chi connectivity index (χ2n) is 6.40. The number of hydrogen-bond acceptors (Lipinski definition) is 6. The summed E-state index contributed by atoms with van der Waals surface area (Å²) in [6, 6.07) is 11.7. The molecule has 2 aromatic carbocycles. The molecule has 7 heteroatoms. The fraction of sp³-hybridized carbons (Fsp3) is 0.174. The number of benzene rings is 2. The molecule has 154 valence electrons. The molecule has 0 N–H and O–H groups in total. The number of carbonyl (C=O) groups is 2. The monoisotopic (exact) mass is 409 g/mol. The lowest BCUT2D eigenvalue weighted by Crippen LogP contribution is -2.13. The van der Waals surface area contributed by atoms with Gasteiger partial charge in [-0.05, 0) is 42.3 Å². The van der Waals surface area contributed by atoms with Gasteiger partial charge in [0.05, 0.1) is 31.0 Å². The number of rotatable bonds is 6. The molecule has 0 amide bonds. The molecule has 0 bridgehead atoms. The number of pyridine rings is 1. The molecule has 1 heterocycles. The van der Waals surface area contributed by atoms with Crippen molar-refractivity contribution in [1.82, 2.24) is 4.98 Å². The molecule has 6 nitrogen and oxygen atoms in total. The maximum atomic E-state index is 13.7. The molecular weight excluding hydrogens is 389 g/mol. The maximum Gasteiger partial charge on any atom is 0.340 e. The summed E-state index contributed by atoms with van der Waals surface area (Å²) in [4.78, 5) is 28.9. The molecule has 0 aliphatic heterocycles. The minimum absolute atomic E-state index is 0.114. The molecule has 0 fully saturated rings. The second kappa shape index (κ2) is 9.17. The van der Waals surface area contributed by atoms with E-state index < -0.39 is 17.8 Å². The van der Waals surface area contributed by atoms with E-state index in [2.05, 4.69) is 4.98 Å². The molecule has 3 rings (SSSR count). The number of aromatic nitrogens is 1. The summed E-state index contributed by atoms with van der Waals surface area (Å²) in [5, 5.41) is 0.814. The summed E-state index contributed by atoms with van der Waals surface area (Å²) in [6.45, 7) is 1.58. The van der Waals surface area contributed by atoms with Crippen LogP contribution in [0.4, 0.5) is 4.39 Å². The van der Waals surface area contributed by atoms with Gasteiger partial charge in [0.2, 0.25) is 0 Å². The molecule has 1 aromatic heterocycles. The van der Waals surface area contributed by atoms with Crippen LogP contribution in [0.2, 0.25) is 0 Å². The highest BCUT2D eigenvalue weighted by molar-refractivity contribution is 5.98. The number of para-hydroxylation sites is 1. The summed E-state index contributed by atoms with van der Waals surface area (Å²) in [5.41, 5.74) is 2.42. The van der Waals surface area contributed by atoms with Crippen LogP contribution >= 0.6 is 0 Å². The van der Waals surface area contributed by atoms with E-state index in [1.165, 1.54) is 38.5 Å². The topological polar surface area (TPSA) is 74.7 Å². The highest BCUT2D eigenvalue weighted by Gasteiger charge is 2.20. The van der Waals surface area contributed by atoms with E-state index in [0.29, 0.717) is 22.3 Å². The van der Waals surface area contributed by atoms with Gasteiger partial charge >= 0.3 is 11.9 Å². The fourth-order valence-electron chi connectivity index (χ4n) is 3.06. The van der Waals surface area contributed by atoms with Crippen LogP contribution in [0.1, 0.15) is 27.2 Å². The third kappa shape index (κ3) is 4.46. The van der Waals surface area contributed by atoms with Gasteiger partial charge in [-0.2, -0.15) is 0 Å². The number of methoxy groups -OCH3 is 2. The molecule has 0 aliphatic rings. The van der Waals surface area contributed by atoms with Crippen molar-refractivity contribution in [1.29, 1.82) is 0 Å². The average molecular weight is 409 g/mol. The summed E-state index contributed by atoms with van der Waals surface area (Å²) in [6.07, 6.45) is 2.60. The van der Waals surface area contributed by atoms with E-state index in [1.54, 1.807) is 13.0 Å². The first-order chi connectivity index (χ1) is 14.4. The number of ether oxygens (including phenoxy) is 3. The third-order valence-electron chi connectivity index (χ3n) is 4.56. The first kappa shape index (κ1) is 21.0. The zero-order chi connectivity index (χ0) is 21.7. The number of carbonyl (C=O) groups excluding carboxylic acids is 2. The third-order valence-corrected chi connectivity index (χ3v) is 4.56. The summed E-state index contributed by atoms with van der Waals surface area (Å²) >= 11 is 0. The number of aryl methyl sites for hydroxylation is 1. The smallest absolute Gasteiger partial charge is 0.340 e. The molecule has 0 unspecified atom stereocenters. The Kier molecular flexibility index (Phi) is 6.41. The van der Waals surface area contributed by atoms with Gasteiger partial charge in [0.25, 0.3) is 0 Å². The highest BCUT2D eigenvalue weighted by atomic mass is 19.1. The number of fused-ring (bicyclic) bond motifs is 1. The van der Waals surface area contributed by atoms with Gasteiger partial charge in [-0.3, -0.25) is 0 Å². The van der Waals surface area contributed by atoms with Gasteiger partial charge in [-0.15, -0.1) is 0 Å². The van der Waals surface area contributed by atoms with Crippen LogP contribution < -0.4 is 4.74 Å². The van der Waals surface area contributed by atoms with Crippen LogP contribution in [0, 0.1) is 12.7 Å². The van der Waals surface area contributed by atoms with E-state index in [-0.39, 0.29) is 17.9 Å². The van der Waals surface area contributed by atoms with Crippen molar-refractivity contribution in [3.63, 3.8) is 0 Å². The van der Waals surface area contributed by atoms with Gasteiger partial charge in [-0.25, -0.2) is 19.0 Å². The van der Waals surface area contributed by atoms with Crippen molar-refractivity contribution in [2.75, 3.05) is 14.2 Å². The number of esters is 2. The van der Waals surface area contributed by atoms with E-state index in [1.807, 2.05) is 24.3 Å². The van der Waals surface area contributed by atoms with E-state index in [0.717, 1.165) is 5.39 Å². The number of hydrogen-bond donors (Lipinski definition) is 0. The Morgan fingerprint density at radius 2 is 1.90 bits per heavy atom. The van der Waals surface area contributed by atoms with Gasteiger partial charge in [-0.1, -0.05) is 24.3 Å². The van der Waals surface area contributed by atoms with Crippen LogP contribution in [-0.4, -0.2) is 31.1 Å². The zero-order valence-corrected chi connectivity index (χ0v) is 16.8. The molecule has 0 atom stereocenters. The van der Waals surface area contributed by atoms with Gasteiger partial charge in [0.1, 0.15) is 6.61 Å². The van der Waals surface area contributed by atoms with Gasteiger partial charge in [0.15, 0.2) is 11.6 Å². The van der Waals surface area contributed by atoms with Crippen LogP contribution in [0.15, 0.2) is 48.5 Å². The molecule has 0 spiro atoms. The van der Waals surface area contributed by atoms with Crippen molar-refractivity contribution in [2.24, 2.45) is 0 Å². The summed E-state index contributed by atoms with van der Waals surface area (Å²) in [7, 11) is 2.65. The Morgan fingerprint density at radius 1 is 1.13 bits per heavy atom. The standard InChI is InChI=1S/C23H20FNO5/c1-14-16-6-4-5-7-18(16)25-19(22(14)23(27)29-3)13-30-21(26)11-9-15-8-10-20(28-2)17(24)12-15/h4-12H,13H2,1-3H3/b11-9+. The molecule has 0 radical (unpaired) electrons. The van der Waals surface area contributed by atoms with E-state index in [4.69, 9.17) is 14.2 Å². The first-order valence-corrected chi connectivity index (χ1v) is 9.09. The Balaban J connectivity index is 1.80. The fourth-order valence-corrected chi connectivity index (χ4v) is 3.06. The van der Waals surface area contributed by atoms with Crippen LogP contribution in [0.5, 0.6) is 5.75 Å². The predicted octanol–water partition coefficient (Wildman–Crippen LogP) is 4.23. The summed E-state index contributed by atoms with van der Waals surface area (Å²) < 4.78 is 28.7. The largest absolute Gasteiger partial charge is 0.494 e. The van der Waals surface area contributed by atoms with Crippen molar-refractivity contribution in [2.45, 2.75) is 13.5 Å². The maximum absolute atomic E-state index is 13.7. The highest BCUT2D eigenvalue weighted by Crippen LogP contribution is 2.24. The molecule has 0 aliphatic carbocycles. The summed E-state index contributed by atoms with van der Waals surface area (Å²) in [5.74, 6) is -1.63. The Morgan fingerprint density at radius 3 is 2.60 bits per heavy atom. The van der Waals surface area contributed by atoms with Crippen molar-refractivity contribution >= 4 is 28.9 Å². The molecule has 3 aromatic rings. The first-order valence-electron chi connectivity index (χ1n) is 9.09. The van der Waals surface area contributed by atoms with Crippen molar-refractivity contribution < 1.29 is 28.2 Å². The van der Waals surface area contributed by atoms with Crippen molar-refractivity contribution in [3.8, 4) is 5.75 Å². The lowest BCUT2D eigenvalue weighted by molar-refractivity contribution is -0.139. The van der Waals surface area contributed by atoms with Gasteiger partial charge in [0, 0.05) is 11.5 Å². The molecule has 0 saturated carbocycles. The lowest BCUT2D eigenvalue weighted by Gasteiger charge is -2.13. The predicted molar refractivity (Wildman–Crippen MR) is 110 cm³/mol. The molecule has 30 heavy (non-hydrogen) atoms. The van der Waals surface area contributed by atoms with Crippen LogP contribution in [-0.2, 0) is 20.9 Å². The lowest BCUT2D eigenvalue weighted by atomic mass is 10.0. The van der Waals surface area contributed by atoms with Gasteiger partial charge < -0.3 is 14.2 Å². The Labute approximate surface area is 172 Å². The van der Waals surface area contributed by atoms with E-state index in [9.17, 15) is 14.0 Å². The quantitative estimate of drug-likeness (QED) is 0.448. The van der Waals surface area contributed by atoms with E-state index >= 15 is 0 Å². The minimum atomic E-state index is -0.658.